The summed E-state index contributed by atoms with van der Waals surface area (Å²) in [4.78, 5) is 16.9. The topological polar surface area (TPSA) is 42.0 Å². The van der Waals surface area contributed by atoms with Gasteiger partial charge < -0.3 is 19.3 Å². The third-order valence-corrected chi connectivity index (χ3v) is 5.20. The summed E-state index contributed by atoms with van der Waals surface area (Å²) in [5, 5.41) is 0. The molecular formula is C19H28N2O3. The average molecular weight is 332 g/mol. The molecule has 2 heterocycles. The highest BCUT2D eigenvalue weighted by Crippen LogP contribution is 2.35. The normalized spacial score (nSPS) is 20.6. The molecule has 5 nitrogen and oxygen atoms in total. The minimum Gasteiger partial charge on any atom is -0.485 e. The molecule has 1 aromatic rings. The van der Waals surface area contributed by atoms with E-state index in [1.807, 2.05) is 29.2 Å². The molecule has 0 bridgehead atoms. The summed E-state index contributed by atoms with van der Waals surface area (Å²) in [6.45, 7) is 7.82. The third kappa shape index (κ3) is 3.57. The molecular weight excluding hydrogens is 304 g/mol. The first kappa shape index (κ1) is 17.2. The van der Waals surface area contributed by atoms with Crippen LogP contribution < -0.4 is 4.74 Å². The van der Waals surface area contributed by atoms with Gasteiger partial charge in [-0.3, -0.25) is 4.79 Å². The number of nitrogens with zero attached hydrogens (tertiary/aromatic N) is 2. The first-order valence-corrected chi connectivity index (χ1v) is 8.81. The maximum absolute atomic E-state index is 12.5. The van der Waals surface area contributed by atoms with Crippen molar-refractivity contribution in [2.75, 3.05) is 33.4 Å². The van der Waals surface area contributed by atoms with Gasteiger partial charge >= 0.3 is 0 Å². The molecule has 3 rings (SSSR count). The number of benzene rings is 1. The predicted molar refractivity (Wildman–Crippen MR) is 93.0 cm³/mol. The Hall–Kier alpha value is -1.59. The lowest BCUT2D eigenvalue weighted by atomic mass is 9.89. The maximum Gasteiger partial charge on any atom is 0.248 e. The molecule has 5 heteroatoms. The van der Waals surface area contributed by atoms with Crippen molar-refractivity contribution < 1.29 is 14.3 Å². The van der Waals surface area contributed by atoms with Gasteiger partial charge in [0.1, 0.15) is 18.0 Å². The van der Waals surface area contributed by atoms with Gasteiger partial charge in [0, 0.05) is 51.2 Å². The Labute approximate surface area is 144 Å². The number of hydrogen-bond acceptors (Lipinski definition) is 4. The number of amides is 1. The number of likely N-dealkylation sites (tertiary alicyclic amines) is 1. The van der Waals surface area contributed by atoms with Crippen molar-refractivity contribution in [3.8, 4) is 5.75 Å². The van der Waals surface area contributed by atoms with Gasteiger partial charge in [0.15, 0.2) is 0 Å². The van der Waals surface area contributed by atoms with Crippen molar-refractivity contribution in [3.63, 3.8) is 0 Å². The Morgan fingerprint density at radius 1 is 1.29 bits per heavy atom. The van der Waals surface area contributed by atoms with Gasteiger partial charge in [-0.1, -0.05) is 18.2 Å². The summed E-state index contributed by atoms with van der Waals surface area (Å²) < 4.78 is 11.6. The lowest BCUT2D eigenvalue weighted by Gasteiger charge is -2.44. The number of carbonyl (C=O) groups excluding carboxylic acids is 1. The molecule has 1 saturated heterocycles. The van der Waals surface area contributed by atoms with Gasteiger partial charge in [-0.05, 0) is 19.9 Å². The molecule has 0 radical (unpaired) electrons. The van der Waals surface area contributed by atoms with E-state index >= 15 is 0 Å². The van der Waals surface area contributed by atoms with Crippen molar-refractivity contribution in [2.24, 2.45) is 0 Å². The minimum absolute atomic E-state index is 0.0310. The predicted octanol–water partition coefficient (Wildman–Crippen LogP) is 2.30. The Kier molecular flexibility index (Phi) is 5.11. The molecule has 0 saturated carbocycles. The van der Waals surface area contributed by atoms with Gasteiger partial charge in [0.2, 0.25) is 5.91 Å². The maximum atomic E-state index is 12.5. The third-order valence-electron chi connectivity index (χ3n) is 5.20. The van der Waals surface area contributed by atoms with E-state index in [2.05, 4.69) is 18.7 Å². The molecule has 0 aromatic heterocycles. The zero-order valence-electron chi connectivity index (χ0n) is 15.0. The zero-order chi connectivity index (χ0) is 17.2. The first-order chi connectivity index (χ1) is 11.5. The second-order valence-electron chi connectivity index (χ2n) is 7.21. The summed E-state index contributed by atoms with van der Waals surface area (Å²) >= 11 is 0. The van der Waals surface area contributed by atoms with Crippen LogP contribution in [0.25, 0.3) is 0 Å². The van der Waals surface area contributed by atoms with Crippen LogP contribution in [0.3, 0.4) is 0 Å². The smallest absolute Gasteiger partial charge is 0.248 e. The van der Waals surface area contributed by atoms with Gasteiger partial charge in [-0.25, -0.2) is 0 Å². The summed E-state index contributed by atoms with van der Waals surface area (Å²) in [5.41, 5.74) is 0.784. The fourth-order valence-electron chi connectivity index (χ4n) is 3.71. The van der Waals surface area contributed by atoms with Crippen molar-refractivity contribution in [1.29, 1.82) is 0 Å². The van der Waals surface area contributed by atoms with Crippen LogP contribution >= 0.6 is 0 Å². The number of carbonyl (C=O) groups is 1. The summed E-state index contributed by atoms with van der Waals surface area (Å²) in [5.74, 6) is 0.951. The summed E-state index contributed by atoms with van der Waals surface area (Å²) in [6.07, 6.45) is 1.88. The standard InChI is InChI=1S/C19H28N2O3/c1-15(2)20-10-8-19(9-11-20)14-21(18(22)13-23-3)12-16-6-4-5-7-17(16)24-19/h4-7,15H,8-14H2,1-3H3. The number of piperidine rings is 1. The van der Waals surface area contributed by atoms with E-state index in [-0.39, 0.29) is 18.1 Å². The van der Waals surface area contributed by atoms with Crippen LogP contribution in [0.1, 0.15) is 32.3 Å². The number of ether oxygens (including phenoxy) is 2. The second-order valence-corrected chi connectivity index (χ2v) is 7.21. The van der Waals surface area contributed by atoms with E-state index in [0.29, 0.717) is 19.1 Å². The van der Waals surface area contributed by atoms with Gasteiger partial charge in [-0.2, -0.15) is 0 Å². The lowest BCUT2D eigenvalue weighted by Crippen LogP contribution is -2.55. The molecule has 24 heavy (non-hydrogen) atoms. The van der Waals surface area contributed by atoms with E-state index in [9.17, 15) is 4.79 Å². The Morgan fingerprint density at radius 3 is 2.67 bits per heavy atom. The number of hydrogen-bond donors (Lipinski definition) is 0. The van der Waals surface area contributed by atoms with Crippen LogP contribution in [0.2, 0.25) is 0 Å². The van der Waals surface area contributed by atoms with Crippen molar-refractivity contribution in [3.05, 3.63) is 29.8 Å². The van der Waals surface area contributed by atoms with E-state index in [4.69, 9.17) is 9.47 Å². The average Bonchev–Trinajstić information content (AvgIpc) is 2.72. The summed E-state index contributed by atoms with van der Waals surface area (Å²) in [6, 6.07) is 8.62. The molecule has 132 valence electrons. The quantitative estimate of drug-likeness (QED) is 0.852. The minimum atomic E-state index is -0.290. The van der Waals surface area contributed by atoms with Crippen LogP contribution in [0.4, 0.5) is 0 Å². The number of rotatable bonds is 3. The largest absolute Gasteiger partial charge is 0.485 e. The van der Waals surface area contributed by atoms with Crippen LogP contribution in [0.5, 0.6) is 5.75 Å². The van der Waals surface area contributed by atoms with Gasteiger partial charge in [0.25, 0.3) is 0 Å². The Balaban J connectivity index is 1.85. The molecule has 1 aromatic carbocycles. The van der Waals surface area contributed by atoms with E-state index in [1.165, 1.54) is 0 Å². The molecule has 1 amide bonds. The van der Waals surface area contributed by atoms with Crippen LogP contribution in [0, 0.1) is 0 Å². The number of para-hydroxylation sites is 1. The van der Waals surface area contributed by atoms with Gasteiger partial charge in [-0.15, -0.1) is 0 Å². The molecule has 0 atom stereocenters. The van der Waals surface area contributed by atoms with Crippen molar-refractivity contribution in [2.45, 2.75) is 44.9 Å². The van der Waals surface area contributed by atoms with E-state index < -0.39 is 0 Å². The molecule has 1 spiro atoms. The molecule has 1 fully saturated rings. The molecule has 0 unspecified atom stereocenters. The monoisotopic (exact) mass is 332 g/mol. The van der Waals surface area contributed by atoms with E-state index in [1.54, 1.807) is 7.11 Å². The van der Waals surface area contributed by atoms with E-state index in [0.717, 1.165) is 37.2 Å². The SMILES string of the molecule is COCC(=O)N1Cc2ccccc2OC2(CCN(C(C)C)CC2)C1. The highest BCUT2D eigenvalue weighted by molar-refractivity contribution is 5.77. The molecule has 0 N–H and O–H groups in total. The highest BCUT2D eigenvalue weighted by atomic mass is 16.5. The summed E-state index contributed by atoms with van der Waals surface area (Å²) in [7, 11) is 1.57. The second kappa shape index (κ2) is 7.11. The Morgan fingerprint density at radius 2 is 2.00 bits per heavy atom. The fourth-order valence-corrected chi connectivity index (χ4v) is 3.71. The number of methoxy groups -OCH3 is 1. The Bertz CT molecular complexity index is 580. The lowest BCUT2D eigenvalue weighted by molar-refractivity contribution is -0.139. The molecule has 2 aliphatic heterocycles. The highest BCUT2D eigenvalue weighted by Gasteiger charge is 2.42. The van der Waals surface area contributed by atoms with Crippen LogP contribution in [-0.4, -0.2) is 60.7 Å². The molecule has 0 aliphatic carbocycles. The zero-order valence-corrected chi connectivity index (χ0v) is 15.0. The molecule has 2 aliphatic rings. The first-order valence-electron chi connectivity index (χ1n) is 8.81. The fraction of sp³-hybridized carbons (Fsp3) is 0.632. The van der Waals surface area contributed by atoms with Crippen molar-refractivity contribution >= 4 is 5.91 Å². The van der Waals surface area contributed by atoms with Crippen molar-refractivity contribution in [1.82, 2.24) is 9.80 Å². The van der Waals surface area contributed by atoms with Crippen LogP contribution in [-0.2, 0) is 16.1 Å². The number of fused-ring (bicyclic) bond motifs is 1. The van der Waals surface area contributed by atoms with Gasteiger partial charge in [0.05, 0.1) is 6.54 Å². The van der Waals surface area contributed by atoms with Crippen LogP contribution in [0.15, 0.2) is 24.3 Å².